The van der Waals surface area contributed by atoms with Crippen molar-refractivity contribution in [2.24, 2.45) is 0 Å². The third-order valence-corrected chi connectivity index (χ3v) is 3.81. The highest BCUT2D eigenvalue weighted by Crippen LogP contribution is 2.34. The van der Waals surface area contributed by atoms with Crippen LogP contribution in [0.1, 0.15) is 23.0 Å². The third kappa shape index (κ3) is 1.57. The molecular formula is C8H10BrNOS. The number of aliphatic hydroxyl groups is 1. The van der Waals surface area contributed by atoms with Crippen LogP contribution in [-0.2, 0) is 6.54 Å². The van der Waals surface area contributed by atoms with Crippen LogP contribution in [0.25, 0.3) is 0 Å². The zero-order chi connectivity index (χ0) is 8.55. The maximum atomic E-state index is 9.70. The third-order valence-electron chi connectivity index (χ3n) is 2.02. The number of rotatable bonds is 0. The first kappa shape index (κ1) is 8.69. The van der Waals surface area contributed by atoms with Crippen molar-refractivity contribution in [2.75, 3.05) is 6.54 Å². The number of fused-ring (bicyclic) bond motifs is 1. The minimum absolute atomic E-state index is 0.272. The van der Waals surface area contributed by atoms with Crippen molar-refractivity contribution < 1.29 is 5.11 Å². The van der Waals surface area contributed by atoms with E-state index in [0.717, 1.165) is 28.2 Å². The lowest BCUT2D eigenvalue weighted by atomic mass is 10.2. The van der Waals surface area contributed by atoms with Crippen LogP contribution in [0.2, 0.25) is 0 Å². The van der Waals surface area contributed by atoms with Crippen LogP contribution >= 0.6 is 27.3 Å². The number of thiophene rings is 1. The molecule has 0 spiro atoms. The summed E-state index contributed by atoms with van der Waals surface area (Å²) >= 11 is 5.06. The van der Waals surface area contributed by atoms with E-state index in [1.807, 2.05) is 0 Å². The van der Waals surface area contributed by atoms with Gasteiger partial charge in [-0.05, 0) is 40.5 Å². The molecule has 1 aliphatic rings. The molecule has 1 aromatic rings. The summed E-state index contributed by atoms with van der Waals surface area (Å²) in [5, 5.41) is 13.0. The first-order valence-corrected chi connectivity index (χ1v) is 5.55. The van der Waals surface area contributed by atoms with E-state index in [2.05, 4.69) is 27.3 Å². The van der Waals surface area contributed by atoms with Crippen LogP contribution in [0.15, 0.2) is 9.85 Å². The Balaban J connectivity index is 2.38. The zero-order valence-electron chi connectivity index (χ0n) is 6.51. The van der Waals surface area contributed by atoms with Crippen molar-refractivity contribution >= 4 is 27.3 Å². The van der Waals surface area contributed by atoms with Gasteiger partial charge in [-0.2, -0.15) is 0 Å². The Bertz CT molecular complexity index is 287. The number of hydrogen-bond acceptors (Lipinski definition) is 3. The summed E-state index contributed by atoms with van der Waals surface area (Å²) in [6.45, 7) is 1.79. The van der Waals surface area contributed by atoms with Gasteiger partial charge in [0.2, 0.25) is 0 Å². The molecule has 2 heterocycles. The lowest BCUT2D eigenvalue weighted by Gasteiger charge is -2.04. The van der Waals surface area contributed by atoms with E-state index >= 15 is 0 Å². The van der Waals surface area contributed by atoms with Crippen LogP contribution in [0.5, 0.6) is 0 Å². The predicted octanol–water partition coefficient (Wildman–Crippen LogP) is 2.04. The van der Waals surface area contributed by atoms with E-state index in [1.54, 1.807) is 11.3 Å². The molecule has 0 aromatic carbocycles. The molecule has 0 bridgehead atoms. The number of nitrogens with one attached hydrogen (secondary N) is 1. The van der Waals surface area contributed by atoms with Crippen molar-refractivity contribution in [3.63, 3.8) is 0 Å². The Hall–Kier alpha value is 0.1000. The summed E-state index contributed by atoms with van der Waals surface area (Å²) in [7, 11) is 0. The monoisotopic (exact) mass is 247 g/mol. The van der Waals surface area contributed by atoms with Crippen LogP contribution in [0, 0.1) is 0 Å². The second-order valence-corrected chi connectivity index (χ2v) is 5.38. The molecule has 0 radical (unpaired) electrons. The van der Waals surface area contributed by atoms with Gasteiger partial charge >= 0.3 is 0 Å². The van der Waals surface area contributed by atoms with Gasteiger partial charge in [-0.25, -0.2) is 0 Å². The fourth-order valence-electron chi connectivity index (χ4n) is 1.42. The Morgan fingerprint density at radius 3 is 3.33 bits per heavy atom. The normalized spacial score (nSPS) is 23.3. The van der Waals surface area contributed by atoms with Gasteiger partial charge in [0, 0.05) is 11.4 Å². The first-order chi connectivity index (χ1) is 5.77. The molecular weight excluding hydrogens is 238 g/mol. The topological polar surface area (TPSA) is 32.3 Å². The van der Waals surface area contributed by atoms with Crippen LogP contribution in [0.4, 0.5) is 0 Å². The molecule has 12 heavy (non-hydrogen) atoms. The average molecular weight is 248 g/mol. The molecule has 66 valence electrons. The molecule has 4 heteroatoms. The van der Waals surface area contributed by atoms with Crippen LogP contribution < -0.4 is 5.32 Å². The van der Waals surface area contributed by atoms with Crippen molar-refractivity contribution in [1.82, 2.24) is 5.32 Å². The van der Waals surface area contributed by atoms with Crippen molar-refractivity contribution in [1.29, 1.82) is 0 Å². The Kier molecular flexibility index (Phi) is 2.50. The number of hydrogen-bond donors (Lipinski definition) is 2. The molecule has 0 saturated carbocycles. The highest BCUT2D eigenvalue weighted by atomic mass is 79.9. The van der Waals surface area contributed by atoms with Gasteiger partial charge in [0.1, 0.15) is 0 Å². The van der Waals surface area contributed by atoms with Crippen LogP contribution in [-0.4, -0.2) is 11.7 Å². The molecule has 0 aliphatic carbocycles. The Morgan fingerprint density at radius 1 is 1.67 bits per heavy atom. The fourth-order valence-corrected chi connectivity index (χ4v) is 3.15. The summed E-state index contributed by atoms with van der Waals surface area (Å²) in [5.74, 6) is 0. The maximum Gasteiger partial charge on any atom is 0.0897 e. The Morgan fingerprint density at radius 2 is 2.50 bits per heavy atom. The van der Waals surface area contributed by atoms with Gasteiger partial charge in [0.15, 0.2) is 0 Å². The smallest absolute Gasteiger partial charge is 0.0897 e. The van der Waals surface area contributed by atoms with Gasteiger partial charge < -0.3 is 10.4 Å². The summed E-state index contributed by atoms with van der Waals surface area (Å²) in [6.07, 6.45) is 0.547. The molecule has 2 N–H and O–H groups in total. The molecule has 0 fully saturated rings. The fraction of sp³-hybridized carbons (Fsp3) is 0.500. The summed E-state index contributed by atoms with van der Waals surface area (Å²) in [6, 6.07) is 2.08. The lowest BCUT2D eigenvalue weighted by Crippen LogP contribution is -2.12. The van der Waals surface area contributed by atoms with E-state index in [-0.39, 0.29) is 6.10 Å². The number of aliphatic hydroxyl groups excluding tert-OH is 1. The molecule has 0 amide bonds. The predicted molar refractivity (Wildman–Crippen MR) is 53.3 cm³/mol. The molecule has 1 aliphatic heterocycles. The van der Waals surface area contributed by atoms with E-state index in [0.29, 0.717) is 0 Å². The van der Waals surface area contributed by atoms with Crippen molar-refractivity contribution in [2.45, 2.75) is 19.1 Å². The van der Waals surface area contributed by atoms with Gasteiger partial charge in [-0.3, -0.25) is 0 Å². The van der Waals surface area contributed by atoms with Gasteiger partial charge in [-0.1, -0.05) is 0 Å². The standard InChI is InChI=1S/C8H10BrNOS/c9-7-3-5-4-10-2-1-6(11)8(5)12-7/h3,6,10-11H,1-2,4H2. The lowest BCUT2D eigenvalue weighted by molar-refractivity contribution is 0.173. The van der Waals surface area contributed by atoms with Crippen molar-refractivity contribution in [3.05, 3.63) is 20.3 Å². The first-order valence-electron chi connectivity index (χ1n) is 3.94. The molecule has 1 atom stereocenters. The number of halogens is 1. The Labute approximate surface area is 83.7 Å². The summed E-state index contributed by atoms with van der Waals surface area (Å²) in [5.41, 5.74) is 1.23. The van der Waals surface area contributed by atoms with Crippen LogP contribution in [0.3, 0.4) is 0 Å². The molecule has 1 aromatic heterocycles. The molecule has 1 unspecified atom stereocenters. The minimum Gasteiger partial charge on any atom is -0.388 e. The second kappa shape index (κ2) is 3.46. The van der Waals surface area contributed by atoms with Gasteiger partial charge in [0.25, 0.3) is 0 Å². The second-order valence-electron chi connectivity index (χ2n) is 2.92. The SMILES string of the molecule is OC1CCNCc2cc(Br)sc21. The van der Waals surface area contributed by atoms with E-state index in [4.69, 9.17) is 0 Å². The largest absolute Gasteiger partial charge is 0.388 e. The molecule has 0 saturated heterocycles. The molecule has 2 rings (SSSR count). The summed E-state index contributed by atoms with van der Waals surface area (Å²) < 4.78 is 1.11. The maximum absolute atomic E-state index is 9.70. The van der Waals surface area contributed by atoms with E-state index in [9.17, 15) is 5.11 Å². The van der Waals surface area contributed by atoms with E-state index < -0.39 is 0 Å². The van der Waals surface area contributed by atoms with Gasteiger partial charge in [-0.15, -0.1) is 11.3 Å². The van der Waals surface area contributed by atoms with Gasteiger partial charge in [0.05, 0.1) is 9.89 Å². The average Bonchev–Trinajstić information content (AvgIpc) is 2.33. The highest BCUT2D eigenvalue weighted by molar-refractivity contribution is 9.11. The zero-order valence-corrected chi connectivity index (χ0v) is 8.91. The minimum atomic E-state index is -0.272. The molecule has 2 nitrogen and oxygen atoms in total. The van der Waals surface area contributed by atoms with E-state index in [1.165, 1.54) is 5.56 Å². The summed E-state index contributed by atoms with van der Waals surface area (Å²) in [4.78, 5) is 1.12. The highest BCUT2D eigenvalue weighted by Gasteiger charge is 2.18. The van der Waals surface area contributed by atoms with Crippen molar-refractivity contribution in [3.8, 4) is 0 Å². The quantitative estimate of drug-likeness (QED) is 0.736.